The monoisotopic (exact) mass is 1410 g/mol. The Labute approximate surface area is 573 Å². The number of hydrogen-bond donors (Lipinski definition) is 2. The fourth-order valence-corrected chi connectivity index (χ4v) is 15.3. The van der Waals surface area contributed by atoms with Gasteiger partial charge in [0.2, 0.25) is 3.79 Å². The molecule has 3 aliphatic heterocycles. The molecule has 0 aromatic heterocycles. The second-order valence-electron chi connectivity index (χ2n) is 23.5. The maximum Gasteiger partial charge on any atom is 0.407 e. The summed E-state index contributed by atoms with van der Waals surface area (Å²) in [5.74, 6) is -4.03. The Balaban J connectivity index is 1.36. The second-order valence-corrected chi connectivity index (χ2v) is 31.0. The topological polar surface area (TPSA) is 273 Å². The lowest BCUT2D eigenvalue weighted by Gasteiger charge is -2.52. The third-order valence-electron chi connectivity index (χ3n) is 16.4. The molecule has 0 unspecified atom stereocenters. The Bertz CT molecular complexity index is 3280. The maximum atomic E-state index is 14.9. The summed E-state index contributed by atoms with van der Waals surface area (Å²) in [6, 6.07) is 39.8. The first-order valence-corrected chi connectivity index (χ1v) is 35.1. The van der Waals surface area contributed by atoms with Crippen molar-refractivity contribution >= 4 is 79.1 Å². The lowest BCUT2D eigenvalue weighted by atomic mass is 9.94. The number of aromatic hydroxyl groups is 1. The maximum absolute atomic E-state index is 14.9. The van der Waals surface area contributed by atoms with E-state index in [0.29, 0.717) is 23.2 Å². The molecule has 5 aromatic carbocycles. The highest BCUT2D eigenvalue weighted by atomic mass is 35.6. The van der Waals surface area contributed by atoms with Crippen LogP contribution < -0.4 is 5.32 Å². The molecule has 0 bridgehead atoms. The van der Waals surface area contributed by atoms with E-state index in [4.69, 9.17) is 106 Å². The van der Waals surface area contributed by atoms with Crippen molar-refractivity contribution in [1.82, 2.24) is 5.32 Å². The molecular formula is C69H82Cl3NO22Si. The zero-order valence-electron chi connectivity index (χ0n) is 54.4. The third kappa shape index (κ3) is 21.1. The number of phenolic OH excluding ortho intramolecular Hbond substituents is 1. The molecule has 520 valence electrons. The second kappa shape index (κ2) is 35.7. The summed E-state index contributed by atoms with van der Waals surface area (Å²) in [4.78, 5) is 83.3. The van der Waals surface area contributed by atoms with Crippen LogP contribution in [0, 0.1) is 0 Å². The van der Waals surface area contributed by atoms with Gasteiger partial charge in [-0.25, -0.2) is 14.4 Å². The van der Waals surface area contributed by atoms with Crippen molar-refractivity contribution in [3.05, 3.63) is 173 Å². The number of alkyl halides is 3. The number of amides is 1. The number of alkyl carbamates (subject to hydrolysis) is 1. The summed E-state index contributed by atoms with van der Waals surface area (Å²) in [7, 11) is -3.06. The van der Waals surface area contributed by atoms with E-state index >= 15 is 0 Å². The average Bonchev–Trinajstić information content (AvgIpc) is 0.767. The zero-order valence-corrected chi connectivity index (χ0v) is 57.7. The van der Waals surface area contributed by atoms with Crippen molar-refractivity contribution in [3.63, 3.8) is 0 Å². The average molecular weight is 1410 g/mol. The van der Waals surface area contributed by atoms with Crippen molar-refractivity contribution in [2.24, 2.45) is 0 Å². The van der Waals surface area contributed by atoms with E-state index in [1.54, 1.807) is 97.9 Å². The van der Waals surface area contributed by atoms with Crippen LogP contribution in [-0.2, 0) is 105 Å². The molecule has 1 amide bonds. The van der Waals surface area contributed by atoms with Gasteiger partial charge in [0.1, 0.15) is 61.6 Å². The molecule has 96 heavy (non-hydrogen) atoms. The van der Waals surface area contributed by atoms with Gasteiger partial charge in [-0.1, -0.05) is 172 Å². The quantitative estimate of drug-likeness (QED) is 0.0195. The number of rotatable bonds is 29. The molecule has 5 aromatic rings. The summed E-state index contributed by atoms with van der Waals surface area (Å²) >= 11 is 18.5. The van der Waals surface area contributed by atoms with E-state index in [9.17, 15) is 33.9 Å². The fourth-order valence-electron chi connectivity index (χ4n) is 11.6. The van der Waals surface area contributed by atoms with Crippen molar-refractivity contribution in [2.75, 3.05) is 19.8 Å². The van der Waals surface area contributed by atoms with Crippen LogP contribution in [0.2, 0.25) is 17.6 Å². The molecule has 2 N–H and O–H groups in total. The third-order valence-corrected chi connectivity index (χ3v) is 22.0. The molecule has 15 atom stereocenters. The minimum atomic E-state index is -3.06. The Hall–Kier alpha value is -6.75. The standard InChI is InChI=1S/C69H82Cl3NO22Si/c1-9-96(10-2,41(3)4)95-60-57(88-44(7)75)53(39-83-63(78)49-27-19-13-20-28-49)91-67(62(60)92-64(79)50-29-21-14-22-30-50)93-56-52(38-81-35-46-23-15-11-16-24-46)90-65(84-37-48-31-33-51(77)34-32-48)54(73-68(80)85-40-69(70,71)72)58(56)94-66-61(82-36-47-25-17-12-18-26-47)59(89-45(8)76)55(42(5)86-66)87-43(6)74/h11-34,41-42,52-62,65-67,77H,9-10,35-40H2,1-8H3,(H,73,80)/t42-,52+,53+,54+,55+,56+,57-,58+,59+,60-,61-,62+,65+,66-,67-/m0/s1. The Morgan fingerprint density at radius 3 is 1.57 bits per heavy atom. The van der Waals surface area contributed by atoms with Gasteiger partial charge < -0.3 is 81.2 Å². The summed E-state index contributed by atoms with van der Waals surface area (Å²) < 4.78 is 97.0. The highest BCUT2D eigenvalue weighted by Gasteiger charge is 2.60. The normalized spacial score (nSPS) is 26.0. The van der Waals surface area contributed by atoms with Gasteiger partial charge in [0.25, 0.3) is 0 Å². The zero-order chi connectivity index (χ0) is 69.1. The number of phenols is 1. The number of halogens is 3. The highest BCUT2D eigenvalue weighted by molar-refractivity contribution is 6.75. The first-order valence-electron chi connectivity index (χ1n) is 31.6. The summed E-state index contributed by atoms with van der Waals surface area (Å²) in [5, 5.41) is 13.1. The predicted octanol–water partition coefficient (Wildman–Crippen LogP) is 10.8. The summed E-state index contributed by atoms with van der Waals surface area (Å²) in [5.41, 5.74) is 2.08. The van der Waals surface area contributed by atoms with Gasteiger partial charge in [-0.3, -0.25) is 14.4 Å². The number of carbonyl (C=O) groups is 6. The Kier molecular flexibility index (Phi) is 27.9. The Morgan fingerprint density at radius 1 is 0.521 bits per heavy atom. The first kappa shape index (κ1) is 75.0. The van der Waals surface area contributed by atoms with Gasteiger partial charge in [0, 0.05) is 20.8 Å². The lowest BCUT2D eigenvalue weighted by Crippen LogP contribution is -2.71. The van der Waals surface area contributed by atoms with Crippen molar-refractivity contribution in [2.45, 2.75) is 189 Å². The molecule has 0 spiro atoms. The molecule has 0 saturated carbocycles. The van der Waals surface area contributed by atoms with Crippen LogP contribution in [0.1, 0.15) is 92.8 Å². The minimum Gasteiger partial charge on any atom is -0.508 e. The Morgan fingerprint density at radius 2 is 1.01 bits per heavy atom. The van der Waals surface area contributed by atoms with Gasteiger partial charge in [-0.2, -0.15) is 0 Å². The van der Waals surface area contributed by atoms with Crippen LogP contribution in [0.15, 0.2) is 146 Å². The van der Waals surface area contributed by atoms with Crippen LogP contribution in [0.3, 0.4) is 0 Å². The SMILES string of the molecule is CC[Si](CC)(O[C@H]1[C@@H](OC(C)=O)[C@@H](COC(=O)c2ccccc2)O[C@@H](O[C@H]2[C@H](O[C@@H]3O[C@@H](C)[C@@H](OC(C)=O)[C@@H](OC(C)=O)[C@@H]3OCc3ccccc3)[C@@H](NC(=O)OCC(Cl)(Cl)Cl)[C@H](OCc3ccc(O)cc3)O[C@@H]2COCc2ccccc2)[C@@H]1OC(=O)c1ccccc1)C(C)C. The molecule has 23 nitrogen and oxygen atoms in total. The highest BCUT2D eigenvalue weighted by Crippen LogP contribution is 2.42. The largest absolute Gasteiger partial charge is 0.508 e. The van der Waals surface area contributed by atoms with Crippen LogP contribution in [0.4, 0.5) is 4.79 Å². The molecule has 3 aliphatic rings. The van der Waals surface area contributed by atoms with E-state index in [1.165, 1.54) is 38.1 Å². The number of hydrogen-bond acceptors (Lipinski definition) is 22. The van der Waals surface area contributed by atoms with E-state index in [2.05, 4.69) is 5.32 Å². The number of nitrogens with one attached hydrogen (secondary N) is 1. The number of ether oxygens (including phenoxy) is 14. The molecule has 27 heteroatoms. The molecular weight excluding hydrogens is 1330 g/mol. The number of benzene rings is 5. The summed E-state index contributed by atoms with van der Waals surface area (Å²) in [6.45, 7) is 10.9. The van der Waals surface area contributed by atoms with Gasteiger partial charge >= 0.3 is 35.9 Å². The van der Waals surface area contributed by atoms with Gasteiger partial charge in [0.05, 0.1) is 43.7 Å². The smallest absolute Gasteiger partial charge is 0.407 e. The van der Waals surface area contributed by atoms with E-state index in [-0.39, 0.29) is 48.8 Å². The van der Waals surface area contributed by atoms with E-state index < -0.39 is 153 Å². The fraction of sp³-hybridized carbons (Fsp3) is 0.478. The minimum absolute atomic E-state index is 0.00864. The van der Waals surface area contributed by atoms with Crippen LogP contribution in [0.25, 0.3) is 0 Å². The first-order chi connectivity index (χ1) is 45.9. The van der Waals surface area contributed by atoms with Crippen LogP contribution in [-0.4, -0.2) is 165 Å². The van der Waals surface area contributed by atoms with Crippen LogP contribution in [0.5, 0.6) is 5.75 Å². The van der Waals surface area contributed by atoms with Crippen molar-refractivity contribution in [3.8, 4) is 5.75 Å². The lowest BCUT2D eigenvalue weighted by molar-refractivity contribution is -0.376. The van der Waals surface area contributed by atoms with Crippen molar-refractivity contribution < 1.29 is 105 Å². The molecule has 3 heterocycles. The molecule has 8 rings (SSSR count). The van der Waals surface area contributed by atoms with Gasteiger partial charge in [-0.05, 0) is 77.6 Å². The van der Waals surface area contributed by atoms with Crippen LogP contribution >= 0.6 is 34.8 Å². The van der Waals surface area contributed by atoms with Crippen molar-refractivity contribution in [1.29, 1.82) is 0 Å². The number of carbonyl (C=O) groups excluding carboxylic acids is 6. The van der Waals surface area contributed by atoms with E-state index in [1.807, 2.05) is 58.0 Å². The van der Waals surface area contributed by atoms with Gasteiger partial charge in [-0.15, -0.1) is 0 Å². The molecule has 3 fully saturated rings. The summed E-state index contributed by atoms with van der Waals surface area (Å²) in [6.07, 6.45) is -22.9. The number of esters is 5. The van der Waals surface area contributed by atoms with Gasteiger partial charge in [0.15, 0.2) is 51.6 Å². The predicted molar refractivity (Wildman–Crippen MR) is 350 cm³/mol. The molecule has 0 aliphatic carbocycles. The molecule has 0 radical (unpaired) electrons. The van der Waals surface area contributed by atoms with E-state index in [0.717, 1.165) is 12.5 Å². The molecule has 3 saturated heterocycles.